The molecule has 1 aromatic carbocycles. The lowest BCUT2D eigenvalue weighted by molar-refractivity contribution is 0.0922. The molecule has 1 aromatic rings. The molecule has 20 heavy (non-hydrogen) atoms. The minimum atomic E-state index is 0.0402. The van der Waals surface area contributed by atoms with Crippen LogP contribution in [0.15, 0.2) is 24.3 Å². The van der Waals surface area contributed by atoms with Crippen molar-refractivity contribution in [2.24, 2.45) is 5.92 Å². The first-order chi connectivity index (χ1) is 9.58. The van der Waals surface area contributed by atoms with E-state index in [0.717, 1.165) is 18.7 Å². The smallest absolute Gasteiger partial charge is 0.251 e. The Morgan fingerprint density at radius 1 is 1.25 bits per heavy atom. The van der Waals surface area contributed by atoms with Gasteiger partial charge in [-0.1, -0.05) is 26.0 Å². The third kappa shape index (κ3) is 3.83. The molecule has 1 aliphatic rings. The molecule has 0 radical (unpaired) electrons. The van der Waals surface area contributed by atoms with E-state index in [2.05, 4.69) is 31.4 Å². The molecule has 110 valence electrons. The molecule has 2 N–H and O–H groups in total. The van der Waals surface area contributed by atoms with Crippen molar-refractivity contribution in [3.63, 3.8) is 0 Å². The van der Waals surface area contributed by atoms with E-state index in [4.69, 9.17) is 0 Å². The molecule has 0 bridgehead atoms. The first kappa shape index (κ1) is 15.0. The Bertz CT molecular complexity index is 433. The lowest BCUT2D eigenvalue weighted by atomic mass is 9.92. The number of carbonyl (C=O) groups is 1. The van der Waals surface area contributed by atoms with Gasteiger partial charge in [0.1, 0.15) is 0 Å². The van der Waals surface area contributed by atoms with Crippen LogP contribution in [0.3, 0.4) is 0 Å². The van der Waals surface area contributed by atoms with Gasteiger partial charge in [-0.2, -0.15) is 0 Å². The number of hydrogen-bond donors (Lipinski definition) is 2. The van der Waals surface area contributed by atoms with Crippen molar-refractivity contribution in [1.82, 2.24) is 10.6 Å². The number of benzene rings is 1. The monoisotopic (exact) mass is 274 g/mol. The maximum absolute atomic E-state index is 12.2. The summed E-state index contributed by atoms with van der Waals surface area (Å²) in [5.74, 6) is 1.08. The summed E-state index contributed by atoms with van der Waals surface area (Å²) in [5.41, 5.74) is 2.02. The Labute approximate surface area is 122 Å². The topological polar surface area (TPSA) is 41.1 Å². The van der Waals surface area contributed by atoms with Gasteiger partial charge in [0.2, 0.25) is 0 Å². The minimum absolute atomic E-state index is 0.0402. The van der Waals surface area contributed by atoms with Crippen LogP contribution in [0.4, 0.5) is 0 Å². The van der Waals surface area contributed by atoms with E-state index in [1.54, 1.807) is 0 Å². The summed E-state index contributed by atoms with van der Waals surface area (Å²) < 4.78 is 0. The fourth-order valence-electron chi connectivity index (χ4n) is 2.73. The molecule has 0 saturated carbocycles. The molecule has 3 heteroatoms. The van der Waals surface area contributed by atoms with Crippen LogP contribution >= 0.6 is 0 Å². The highest BCUT2D eigenvalue weighted by atomic mass is 16.1. The molecule has 1 heterocycles. The molecule has 0 spiro atoms. The highest BCUT2D eigenvalue weighted by molar-refractivity contribution is 5.94. The van der Waals surface area contributed by atoms with Gasteiger partial charge in [-0.25, -0.2) is 0 Å². The molecular formula is C17H26N2O. The lowest BCUT2D eigenvalue weighted by Gasteiger charge is -2.29. The number of piperidine rings is 1. The van der Waals surface area contributed by atoms with Crippen LogP contribution in [0, 0.1) is 5.92 Å². The Morgan fingerprint density at radius 3 is 2.50 bits per heavy atom. The molecule has 1 fully saturated rings. The SMILES string of the molecule is CC(C)c1ccc(C(=O)NC(C)C2CCCNC2)cc1. The molecule has 2 atom stereocenters. The van der Waals surface area contributed by atoms with Crippen molar-refractivity contribution in [2.45, 2.75) is 45.6 Å². The predicted octanol–water partition coefficient (Wildman–Crippen LogP) is 2.93. The lowest BCUT2D eigenvalue weighted by Crippen LogP contribution is -2.44. The van der Waals surface area contributed by atoms with Gasteiger partial charge in [0.25, 0.3) is 5.91 Å². The number of rotatable bonds is 4. The number of carbonyl (C=O) groups excluding carboxylic acids is 1. The van der Waals surface area contributed by atoms with E-state index >= 15 is 0 Å². The summed E-state index contributed by atoms with van der Waals surface area (Å²) in [6, 6.07) is 8.17. The second-order valence-electron chi connectivity index (χ2n) is 6.15. The van der Waals surface area contributed by atoms with Crippen LogP contribution in [0.2, 0.25) is 0 Å². The molecule has 2 unspecified atom stereocenters. The van der Waals surface area contributed by atoms with Crippen LogP contribution < -0.4 is 10.6 Å². The zero-order chi connectivity index (χ0) is 14.5. The summed E-state index contributed by atoms with van der Waals surface area (Å²) >= 11 is 0. The fraction of sp³-hybridized carbons (Fsp3) is 0.588. The van der Waals surface area contributed by atoms with Crippen LogP contribution in [0.25, 0.3) is 0 Å². The first-order valence-corrected chi connectivity index (χ1v) is 7.69. The average Bonchev–Trinajstić information content (AvgIpc) is 2.48. The Balaban J connectivity index is 1.93. The number of hydrogen-bond acceptors (Lipinski definition) is 2. The van der Waals surface area contributed by atoms with Crippen LogP contribution in [-0.2, 0) is 0 Å². The van der Waals surface area contributed by atoms with Crippen molar-refractivity contribution in [3.8, 4) is 0 Å². The second-order valence-corrected chi connectivity index (χ2v) is 6.15. The van der Waals surface area contributed by atoms with E-state index in [9.17, 15) is 4.79 Å². The zero-order valence-corrected chi connectivity index (χ0v) is 12.8. The first-order valence-electron chi connectivity index (χ1n) is 7.69. The zero-order valence-electron chi connectivity index (χ0n) is 12.8. The van der Waals surface area contributed by atoms with Gasteiger partial charge in [0.15, 0.2) is 0 Å². The average molecular weight is 274 g/mol. The second kappa shape index (κ2) is 6.89. The summed E-state index contributed by atoms with van der Waals surface area (Å²) in [6.07, 6.45) is 2.40. The Kier molecular flexibility index (Phi) is 5.18. The van der Waals surface area contributed by atoms with E-state index in [-0.39, 0.29) is 11.9 Å². The fourth-order valence-corrected chi connectivity index (χ4v) is 2.73. The number of amides is 1. The van der Waals surface area contributed by atoms with Crippen LogP contribution in [0.5, 0.6) is 0 Å². The molecule has 3 nitrogen and oxygen atoms in total. The highest BCUT2D eigenvalue weighted by Gasteiger charge is 2.21. The Morgan fingerprint density at radius 2 is 1.95 bits per heavy atom. The van der Waals surface area contributed by atoms with Gasteiger partial charge in [-0.3, -0.25) is 4.79 Å². The van der Waals surface area contributed by atoms with Crippen LogP contribution in [-0.4, -0.2) is 25.0 Å². The highest BCUT2D eigenvalue weighted by Crippen LogP contribution is 2.16. The molecule has 0 aliphatic carbocycles. The van der Waals surface area contributed by atoms with Crippen molar-refractivity contribution in [1.29, 1.82) is 0 Å². The van der Waals surface area contributed by atoms with E-state index in [1.165, 1.54) is 18.4 Å². The van der Waals surface area contributed by atoms with Crippen LogP contribution in [0.1, 0.15) is 55.5 Å². The maximum Gasteiger partial charge on any atom is 0.251 e. The van der Waals surface area contributed by atoms with Crippen molar-refractivity contribution in [2.75, 3.05) is 13.1 Å². The quantitative estimate of drug-likeness (QED) is 0.886. The molecule has 1 saturated heterocycles. The van der Waals surface area contributed by atoms with Crippen molar-refractivity contribution < 1.29 is 4.79 Å². The summed E-state index contributed by atoms with van der Waals surface area (Å²) in [7, 11) is 0. The molecule has 1 aliphatic heterocycles. The van der Waals surface area contributed by atoms with Gasteiger partial charge >= 0.3 is 0 Å². The summed E-state index contributed by atoms with van der Waals surface area (Å²) in [5, 5.41) is 6.53. The molecule has 0 aromatic heterocycles. The summed E-state index contributed by atoms with van der Waals surface area (Å²) in [6.45, 7) is 8.54. The van der Waals surface area contributed by atoms with E-state index in [0.29, 0.717) is 11.8 Å². The van der Waals surface area contributed by atoms with Gasteiger partial charge in [0, 0.05) is 11.6 Å². The van der Waals surface area contributed by atoms with Gasteiger partial charge < -0.3 is 10.6 Å². The maximum atomic E-state index is 12.2. The standard InChI is InChI=1S/C17H26N2O/c1-12(2)14-6-8-15(9-7-14)17(20)19-13(3)16-5-4-10-18-11-16/h6-9,12-13,16,18H,4-5,10-11H2,1-3H3,(H,19,20). The largest absolute Gasteiger partial charge is 0.349 e. The minimum Gasteiger partial charge on any atom is -0.349 e. The Hall–Kier alpha value is -1.35. The third-order valence-corrected chi connectivity index (χ3v) is 4.24. The van der Waals surface area contributed by atoms with Gasteiger partial charge in [-0.15, -0.1) is 0 Å². The van der Waals surface area contributed by atoms with Crippen molar-refractivity contribution in [3.05, 3.63) is 35.4 Å². The predicted molar refractivity (Wildman–Crippen MR) is 83.1 cm³/mol. The number of nitrogens with one attached hydrogen (secondary N) is 2. The molecule has 2 rings (SSSR count). The molecule has 1 amide bonds. The normalized spacial score (nSPS) is 20.7. The van der Waals surface area contributed by atoms with Crippen molar-refractivity contribution >= 4 is 5.91 Å². The molecular weight excluding hydrogens is 248 g/mol. The van der Waals surface area contributed by atoms with E-state index < -0.39 is 0 Å². The van der Waals surface area contributed by atoms with E-state index in [1.807, 2.05) is 24.3 Å². The van der Waals surface area contributed by atoms with Gasteiger partial charge in [-0.05, 0) is 62.4 Å². The van der Waals surface area contributed by atoms with Gasteiger partial charge in [0.05, 0.1) is 0 Å². The third-order valence-electron chi connectivity index (χ3n) is 4.24. The summed E-state index contributed by atoms with van der Waals surface area (Å²) in [4.78, 5) is 12.2.